The Morgan fingerprint density at radius 3 is 2.68 bits per heavy atom. The van der Waals surface area contributed by atoms with Crippen LogP contribution in [0, 0.1) is 11.7 Å². The van der Waals surface area contributed by atoms with Crippen LogP contribution in [-0.2, 0) is 6.54 Å². The molecule has 2 heterocycles. The molecule has 3 aromatic rings. The highest BCUT2D eigenvalue weighted by Gasteiger charge is 2.46. The van der Waals surface area contributed by atoms with Crippen LogP contribution in [0.5, 0.6) is 5.75 Å². The lowest BCUT2D eigenvalue weighted by Gasteiger charge is -2.23. The summed E-state index contributed by atoms with van der Waals surface area (Å²) in [5.41, 5.74) is 3.70. The Bertz CT molecular complexity index is 1100. The van der Waals surface area contributed by atoms with Gasteiger partial charge < -0.3 is 10.1 Å². The minimum atomic E-state index is -0.221. The Hall–Kier alpha value is -3.25. The van der Waals surface area contributed by atoms with E-state index in [2.05, 4.69) is 27.3 Å². The fraction of sp³-hybridized carbons (Fsp3) is 0.280. The molecule has 0 unspecified atom stereocenters. The van der Waals surface area contributed by atoms with Gasteiger partial charge in [0.25, 0.3) is 5.91 Å². The third-order valence-corrected chi connectivity index (χ3v) is 6.48. The van der Waals surface area contributed by atoms with Gasteiger partial charge in [-0.25, -0.2) is 4.39 Å². The number of fused-ring (bicyclic) bond motifs is 3. The van der Waals surface area contributed by atoms with Crippen molar-refractivity contribution in [1.29, 1.82) is 0 Å². The van der Waals surface area contributed by atoms with E-state index < -0.39 is 0 Å². The fourth-order valence-electron chi connectivity index (χ4n) is 5.02. The van der Waals surface area contributed by atoms with E-state index in [4.69, 9.17) is 4.74 Å². The summed E-state index contributed by atoms with van der Waals surface area (Å²) in [6.45, 7) is 2.14. The normalized spacial score (nSPS) is 22.1. The maximum absolute atomic E-state index is 14.4. The smallest absolute Gasteiger partial charge is 0.251 e. The predicted octanol–water partition coefficient (Wildman–Crippen LogP) is 3.93. The van der Waals surface area contributed by atoms with Crippen LogP contribution in [0.2, 0.25) is 0 Å². The number of carbonyl (C=O) groups is 1. The number of carbonyl (C=O) groups excluding carboxylic acids is 1. The molecule has 1 aliphatic carbocycles. The van der Waals surface area contributed by atoms with E-state index in [9.17, 15) is 9.18 Å². The predicted molar refractivity (Wildman–Crippen MR) is 115 cm³/mol. The van der Waals surface area contributed by atoms with E-state index in [-0.39, 0.29) is 23.7 Å². The zero-order valence-corrected chi connectivity index (χ0v) is 17.3. The summed E-state index contributed by atoms with van der Waals surface area (Å²) in [5.74, 6) is 0.897. The minimum absolute atomic E-state index is 0.0676. The van der Waals surface area contributed by atoms with Gasteiger partial charge in [0.1, 0.15) is 11.6 Å². The zero-order chi connectivity index (χ0) is 21.4. The van der Waals surface area contributed by atoms with Crippen molar-refractivity contribution in [2.75, 3.05) is 20.2 Å². The number of hydrogen-bond acceptors (Lipinski definition) is 4. The highest BCUT2D eigenvalue weighted by Crippen LogP contribution is 2.49. The molecule has 1 fully saturated rings. The van der Waals surface area contributed by atoms with Crippen molar-refractivity contribution in [1.82, 2.24) is 15.2 Å². The van der Waals surface area contributed by atoms with Crippen LogP contribution < -0.4 is 10.1 Å². The Morgan fingerprint density at radius 2 is 1.90 bits per heavy atom. The van der Waals surface area contributed by atoms with Gasteiger partial charge in [0.2, 0.25) is 0 Å². The van der Waals surface area contributed by atoms with E-state index >= 15 is 0 Å². The highest BCUT2D eigenvalue weighted by molar-refractivity contribution is 5.94. The molecule has 5 rings (SSSR count). The third-order valence-electron chi connectivity index (χ3n) is 6.48. The molecule has 5 nitrogen and oxygen atoms in total. The molecule has 0 saturated carbocycles. The molecule has 1 N–H and O–H groups in total. The van der Waals surface area contributed by atoms with Crippen molar-refractivity contribution in [2.45, 2.75) is 18.5 Å². The average Bonchev–Trinajstić information content (AvgIpc) is 3.34. The first-order chi connectivity index (χ1) is 15.1. The van der Waals surface area contributed by atoms with E-state index in [0.29, 0.717) is 29.3 Å². The summed E-state index contributed by atoms with van der Waals surface area (Å²) in [4.78, 5) is 19.1. The van der Waals surface area contributed by atoms with Gasteiger partial charge in [-0.05, 0) is 41.5 Å². The standard InChI is InChI=1S/C25H24FN3O2/c1-31-18-6-7-23(26)17(12-18)13-29-14-21-19-4-2-3-5-20(19)24(22(21)15-29)28-25(30)16-8-10-27-11-9-16/h2-12,21-22,24H,13-15H2,1H3,(H,28,30)/t21-,22-,24+/m0/s1. The molecule has 2 aliphatic rings. The zero-order valence-electron chi connectivity index (χ0n) is 17.3. The Labute approximate surface area is 180 Å². The first kappa shape index (κ1) is 19.7. The summed E-state index contributed by atoms with van der Waals surface area (Å²) in [6.07, 6.45) is 3.25. The number of hydrogen-bond donors (Lipinski definition) is 1. The van der Waals surface area contributed by atoms with Gasteiger partial charge in [0.15, 0.2) is 0 Å². The summed E-state index contributed by atoms with van der Waals surface area (Å²) in [5, 5.41) is 3.25. The maximum Gasteiger partial charge on any atom is 0.251 e. The van der Waals surface area contributed by atoms with Crippen molar-refractivity contribution in [2.24, 2.45) is 5.92 Å². The van der Waals surface area contributed by atoms with E-state index in [1.807, 2.05) is 12.1 Å². The maximum atomic E-state index is 14.4. The molecular formula is C25H24FN3O2. The molecule has 1 aliphatic heterocycles. The second kappa shape index (κ2) is 8.12. The summed E-state index contributed by atoms with van der Waals surface area (Å²) in [6, 6.07) is 16.6. The number of ether oxygens (including phenoxy) is 1. The second-order valence-corrected chi connectivity index (χ2v) is 8.24. The highest BCUT2D eigenvalue weighted by atomic mass is 19.1. The van der Waals surface area contributed by atoms with Crippen molar-refractivity contribution in [3.8, 4) is 5.75 Å². The summed E-state index contributed by atoms with van der Waals surface area (Å²) >= 11 is 0. The van der Waals surface area contributed by atoms with E-state index in [0.717, 1.165) is 13.1 Å². The van der Waals surface area contributed by atoms with Crippen LogP contribution in [0.3, 0.4) is 0 Å². The van der Waals surface area contributed by atoms with Crippen molar-refractivity contribution >= 4 is 5.91 Å². The van der Waals surface area contributed by atoms with Gasteiger partial charge in [-0.2, -0.15) is 0 Å². The van der Waals surface area contributed by atoms with Gasteiger partial charge in [-0.15, -0.1) is 0 Å². The van der Waals surface area contributed by atoms with Crippen molar-refractivity contribution in [3.05, 3.63) is 95.1 Å². The molecule has 2 aromatic carbocycles. The number of likely N-dealkylation sites (tertiary alicyclic amines) is 1. The molecule has 1 aromatic heterocycles. The van der Waals surface area contributed by atoms with Crippen LogP contribution in [0.4, 0.5) is 4.39 Å². The van der Waals surface area contributed by atoms with E-state index in [1.54, 1.807) is 43.8 Å². The van der Waals surface area contributed by atoms with E-state index in [1.165, 1.54) is 17.2 Å². The number of halogens is 1. The molecular weight excluding hydrogens is 393 g/mol. The second-order valence-electron chi connectivity index (χ2n) is 8.24. The number of pyridine rings is 1. The van der Waals surface area contributed by atoms with Gasteiger partial charge >= 0.3 is 0 Å². The topological polar surface area (TPSA) is 54.5 Å². The molecule has 1 amide bonds. The molecule has 3 atom stereocenters. The Balaban J connectivity index is 1.38. The van der Waals surface area contributed by atoms with Crippen molar-refractivity contribution < 1.29 is 13.9 Å². The largest absolute Gasteiger partial charge is 0.497 e. The molecule has 1 saturated heterocycles. The number of aromatic nitrogens is 1. The lowest BCUT2D eigenvalue weighted by Crippen LogP contribution is -2.33. The number of amides is 1. The van der Waals surface area contributed by atoms with Crippen LogP contribution in [-0.4, -0.2) is 36.0 Å². The monoisotopic (exact) mass is 417 g/mol. The lowest BCUT2D eigenvalue weighted by molar-refractivity contribution is 0.0923. The number of nitrogens with one attached hydrogen (secondary N) is 1. The molecule has 0 radical (unpaired) electrons. The van der Waals surface area contributed by atoms with Gasteiger partial charge in [0.05, 0.1) is 13.2 Å². The third kappa shape index (κ3) is 3.68. The number of nitrogens with zero attached hydrogens (tertiary/aromatic N) is 2. The first-order valence-corrected chi connectivity index (χ1v) is 10.5. The van der Waals surface area contributed by atoms with Crippen LogP contribution in [0.25, 0.3) is 0 Å². The van der Waals surface area contributed by atoms with Gasteiger partial charge in [0, 0.05) is 55.0 Å². The van der Waals surface area contributed by atoms with Crippen LogP contribution in [0.1, 0.15) is 39.0 Å². The lowest BCUT2D eigenvalue weighted by atomic mass is 9.94. The Morgan fingerprint density at radius 1 is 1.13 bits per heavy atom. The number of methoxy groups -OCH3 is 1. The molecule has 6 heteroatoms. The molecule has 158 valence electrons. The fourth-order valence-corrected chi connectivity index (χ4v) is 5.02. The molecule has 0 bridgehead atoms. The summed E-state index contributed by atoms with van der Waals surface area (Å²) in [7, 11) is 1.59. The summed E-state index contributed by atoms with van der Waals surface area (Å²) < 4.78 is 19.6. The number of rotatable bonds is 5. The first-order valence-electron chi connectivity index (χ1n) is 10.5. The molecule has 0 spiro atoms. The average molecular weight is 417 g/mol. The van der Waals surface area contributed by atoms with Crippen LogP contribution in [0.15, 0.2) is 67.0 Å². The quantitative estimate of drug-likeness (QED) is 0.684. The van der Waals surface area contributed by atoms with Gasteiger partial charge in [-0.1, -0.05) is 24.3 Å². The Kier molecular flexibility index (Phi) is 5.16. The molecule has 31 heavy (non-hydrogen) atoms. The van der Waals surface area contributed by atoms with Crippen LogP contribution >= 0.6 is 0 Å². The minimum Gasteiger partial charge on any atom is -0.497 e. The van der Waals surface area contributed by atoms with Gasteiger partial charge in [-0.3, -0.25) is 14.7 Å². The number of benzene rings is 2. The van der Waals surface area contributed by atoms with Crippen molar-refractivity contribution in [3.63, 3.8) is 0 Å². The SMILES string of the molecule is COc1ccc(F)c(CN2C[C@@H]3[C@H](NC(=O)c4ccncc4)c4ccccc4[C@@H]3C2)c1.